The molecule has 0 radical (unpaired) electrons. The van der Waals surface area contributed by atoms with Gasteiger partial charge >= 0.3 is 0 Å². The molecule has 1 aliphatic rings. The third kappa shape index (κ3) is 5.36. The molecule has 0 aliphatic heterocycles. The summed E-state index contributed by atoms with van der Waals surface area (Å²) in [5, 5.41) is 5.70. The second-order valence-corrected chi connectivity index (χ2v) is 6.87. The molecular formula is C21H24FN3O2. The van der Waals surface area contributed by atoms with Crippen LogP contribution in [0.2, 0.25) is 0 Å². The zero-order valence-electron chi connectivity index (χ0n) is 15.2. The largest absolute Gasteiger partial charge is 0.349 e. The van der Waals surface area contributed by atoms with Gasteiger partial charge in [0.1, 0.15) is 11.5 Å². The Labute approximate surface area is 158 Å². The van der Waals surface area contributed by atoms with Gasteiger partial charge in [0.25, 0.3) is 11.8 Å². The molecule has 1 aliphatic carbocycles. The fourth-order valence-corrected chi connectivity index (χ4v) is 3.30. The minimum atomic E-state index is -0.442. The Morgan fingerprint density at radius 1 is 1.04 bits per heavy atom. The van der Waals surface area contributed by atoms with Crippen LogP contribution in [0.3, 0.4) is 0 Å². The van der Waals surface area contributed by atoms with Gasteiger partial charge in [-0.1, -0.05) is 43.9 Å². The minimum Gasteiger partial charge on any atom is -0.349 e. The van der Waals surface area contributed by atoms with Crippen molar-refractivity contribution in [1.29, 1.82) is 0 Å². The third-order valence-electron chi connectivity index (χ3n) is 4.84. The van der Waals surface area contributed by atoms with Gasteiger partial charge < -0.3 is 10.6 Å². The topological polar surface area (TPSA) is 71.1 Å². The Bertz CT molecular complexity index is 802. The maximum Gasteiger partial charge on any atom is 0.270 e. The molecule has 2 amide bonds. The van der Waals surface area contributed by atoms with Crippen molar-refractivity contribution < 1.29 is 14.0 Å². The zero-order chi connectivity index (χ0) is 19.1. The van der Waals surface area contributed by atoms with E-state index in [1.807, 2.05) is 0 Å². The number of hydrogen-bond donors (Lipinski definition) is 2. The molecule has 1 fully saturated rings. The van der Waals surface area contributed by atoms with Crippen molar-refractivity contribution in [2.45, 2.75) is 51.1 Å². The number of nitrogens with zero attached hydrogens (tertiary/aromatic N) is 1. The Morgan fingerprint density at radius 3 is 2.52 bits per heavy atom. The van der Waals surface area contributed by atoms with Crippen LogP contribution in [-0.4, -0.2) is 22.8 Å². The lowest BCUT2D eigenvalue weighted by molar-refractivity contribution is 0.0933. The lowest BCUT2D eigenvalue weighted by atomic mass is 10.1. The van der Waals surface area contributed by atoms with Crippen LogP contribution in [0.15, 0.2) is 42.6 Å². The summed E-state index contributed by atoms with van der Waals surface area (Å²) in [6.07, 6.45) is 8.12. The first kappa shape index (κ1) is 19.0. The van der Waals surface area contributed by atoms with Crippen molar-refractivity contribution >= 4 is 11.8 Å². The molecule has 5 nitrogen and oxygen atoms in total. The quantitative estimate of drug-likeness (QED) is 0.791. The average Bonchev–Trinajstić information content (AvgIpc) is 2.96. The Hall–Kier alpha value is -2.76. The first-order valence-electron chi connectivity index (χ1n) is 9.42. The van der Waals surface area contributed by atoms with Crippen LogP contribution in [0.4, 0.5) is 4.39 Å². The molecule has 0 atom stereocenters. The lowest BCUT2D eigenvalue weighted by Crippen LogP contribution is -2.34. The number of nitrogens with one attached hydrogen (secondary N) is 2. The van der Waals surface area contributed by atoms with E-state index in [4.69, 9.17) is 0 Å². The molecule has 6 heteroatoms. The van der Waals surface area contributed by atoms with E-state index in [0.717, 1.165) is 25.7 Å². The summed E-state index contributed by atoms with van der Waals surface area (Å²) in [5.41, 5.74) is 0.943. The molecule has 1 heterocycles. The second kappa shape index (κ2) is 9.26. The molecular weight excluding hydrogens is 345 g/mol. The predicted octanol–water partition coefficient (Wildman–Crippen LogP) is 3.60. The number of amides is 2. The molecule has 27 heavy (non-hydrogen) atoms. The number of carbonyl (C=O) groups excluding carboxylic acids is 2. The van der Waals surface area contributed by atoms with Crippen molar-refractivity contribution in [2.75, 3.05) is 0 Å². The molecule has 1 saturated carbocycles. The van der Waals surface area contributed by atoms with Crippen molar-refractivity contribution in [2.24, 2.45) is 0 Å². The molecule has 0 saturated heterocycles. The van der Waals surface area contributed by atoms with E-state index in [2.05, 4.69) is 15.6 Å². The highest BCUT2D eigenvalue weighted by molar-refractivity contribution is 5.98. The molecule has 3 rings (SSSR count). The molecule has 142 valence electrons. The van der Waals surface area contributed by atoms with E-state index >= 15 is 0 Å². The van der Waals surface area contributed by atoms with Crippen molar-refractivity contribution in [1.82, 2.24) is 15.6 Å². The van der Waals surface area contributed by atoms with Gasteiger partial charge in [0.15, 0.2) is 0 Å². The van der Waals surface area contributed by atoms with E-state index in [1.54, 1.807) is 24.3 Å². The third-order valence-corrected chi connectivity index (χ3v) is 4.84. The molecule has 1 aromatic carbocycles. The van der Waals surface area contributed by atoms with E-state index in [9.17, 15) is 14.0 Å². The van der Waals surface area contributed by atoms with Crippen LogP contribution < -0.4 is 10.6 Å². The number of carbonyl (C=O) groups is 2. The van der Waals surface area contributed by atoms with Crippen molar-refractivity contribution in [3.05, 3.63) is 65.2 Å². The van der Waals surface area contributed by atoms with E-state index in [0.29, 0.717) is 11.1 Å². The summed E-state index contributed by atoms with van der Waals surface area (Å²) in [7, 11) is 0. The maximum atomic E-state index is 13.6. The van der Waals surface area contributed by atoms with Crippen LogP contribution in [-0.2, 0) is 6.54 Å². The summed E-state index contributed by atoms with van der Waals surface area (Å²) < 4.78 is 13.6. The molecule has 1 aromatic heterocycles. The molecule has 2 N–H and O–H groups in total. The van der Waals surface area contributed by atoms with E-state index in [1.165, 1.54) is 31.2 Å². The van der Waals surface area contributed by atoms with Crippen LogP contribution in [0, 0.1) is 5.82 Å². The van der Waals surface area contributed by atoms with Crippen LogP contribution in [0.25, 0.3) is 0 Å². The average molecular weight is 369 g/mol. The highest BCUT2D eigenvalue weighted by Gasteiger charge is 2.17. The zero-order valence-corrected chi connectivity index (χ0v) is 15.2. The van der Waals surface area contributed by atoms with Gasteiger partial charge in [0.2, 0.25) is 0 Å². The second-order valence-electron chi connectivity index (χ2n) is 6.87. The summed E-state index contributed by atoms with van der Waals surface area (Å²) in [6.45, 7) is 0.0612. The van der Waals surface area contributed by atoms with Crippen LogP contribution >= 0.6 is 0 Å². The smallest absolute Gasteiger partial charge is 0.270 e. The van der Waals surface area contributed by atoms with Gasteiger partial charge in [0, 0.05) is 29.9 Å². The standard InChI is InChI=1S/C21H24FN3O2/c22-18-10-6-5-7-16(18)14-24-21(27)19-13-15(11-12-23-19)20(26)25-17-8-3-1-2-4-9-17/h5-7,10-13,17H,1-4,8-9,14H2,(H,24,27)(H,25,26). The number of pyridine rings is 1. The Morgan fingerprint density at radius 2 is 1.78 bits per heavy atom. The maximum absolute atomic E-state index is 13.6. The summed E-state index contributed by atoms with van der Waals surface area (Å²) in [5.74, 6) is -1.00. The van der Waals surface area contributed by atoms with Gasteiger partial charge in [-0.15, -0.1) is 0 Å². The van der Waals surface area contributed by atoms with Crippen molar-refractivity contribution in [3.8, 4) is 0 Å². The Kier molecular flexibility index (Phi) is 6.52. The highest BCUT2D eigenvalue weighted by Crippen LogP contribution is 2.17. The highest BCUT2D eigenvalue weighted by atomic mass is 19.1. The van der Waals surface area contributed by atoms with Gasteiger partial charge in [-0.25, -0.2) is 4.39 Å². The summed E-state index contributed by atoms with van der Waals surface area (Å²) in [6, 6.07) is 9.52. The normalized spacial score (nSPS) is 15.0. The monoisotopic (exact) mass is 369 g/mol. The first-order chi connectivity index (χ1) is 13.1. The Balaban J connectivity index is 1.61. The van der Waals surface area contributed by atoms with Crippen molar-refractivity contribution in [3.63, 3.8) is 0 Å². The van der Waals surface area contributed by atoms with Crippen LogP contribution in [0.5, 0.6) is 0 Å². The number of rotatable bonds is 5. The molecule has 0 bridgehead atoms. The van der Waals surface area contributed by atoms with Crippen LogP contribution in [0.1, 0.15) is 64.9 Å². The summed E-state index contributed by atoms with van der Waals surface area (Å²) in [4.78, 5) is 28.8. The van der Waals surface area contributed by atoms with Gasteiger partial charge in [-0.05, 0) is 31.0 Å². The van der Waals surface area contributed by atoms with E-state index < -0.39 is 5.91 Å². The molecule has 2 aromatic rings. The van der Waals surface area contributed by atoms with E-state index in [-0.39, 0.29) is 30.0 Å². The minimum absolute atomic E-state index is 0.0612. The predicted molar refractivity (Wildman–Crippen MR) is 101 cm³/mol. The fourth-order valence-electron chi connectivity index (χ4n) is 3.30. The SMILES string of the molecule is O=C(NC1CCCCCC1)c1ccnc(C(=O)NCc2ccccc2F)c1. The number of halogens is 1. The lowest BCUT2D eigenvalue weighted by Gasteiger charge is -2.16. The van der Waals surface area contributed by atoms with Gasteiger partial charge in [-0.3, -0.25) is 14.6 Å². The first-order valence-corrected chi connectivity index (χ1v) is 9.42. The number of benzene rings is 1. The van der Waals surface area contributed by atoms with Gasteiger partial charge in [0.05, 0.1) is 0 Å². The fraction of sp³-hybridized carbons (Fsp3) is 0.381. The molecule has 0 spiro atoms. The molecule has 0 unspecified atom stereocenters. The number of aromatic nitrogens is 1. The number of hydrogen-bond acceptors (Lipinski definition) is 3. The van der Waals surface area contributed by atoms with Gasteiger partial charge in [-0.2, -0.15) is 0 Å². The summed E-state index contributed by atoms with van der Waals surface area (Å²) >= 11 is 0.